The Labute approximate surface area is 153 Å². The fourth-order valence-corrected chi connectivity index (χ4v) is 3.29. The molecule has 0 aliphatic carbocycles. The maximum Gasteiger partial charge on any atom is 0.234 e. The minimum atomic E-state index is -0.203. The second-order valence-electron chi connectivity index (χ2n) is 6.84. The van der Waals surface area contributed by atoms with Gasteiger partial charge < -0.3 is 9.73 Å². The second-order valence-corrected chi connectivity index (χ2v) is 6.84. The molecule has 1 aromatic heterocycles. The van der Waals surface area contributed by atoms with Crippen molar-refractivity contribution in [1.29, 1.82) is 0 Å². The standard InChI is InChI=1S/C20H26FN3O2/c1-16(19-4-2-13-26-19)22-20(25)15-24-10-3-9-23(11-12-24)14-17-5-7-18(21)8-6-17/h2,4-8,13,16H,3,9-12,14-15H2,1H3,(H,22,25). The molecule has 5 nitrogen and oxygen atoms in total. The fraction of sp³-hybridized carbons (Fsp3) is 0.450. The largest absolute Gasteiger partial charge is 0.467 e. The Morgan fingerprint density at radius 3 is 2.62 bits per heavy atom. The summed E-state index contributed by atoms with van der Waals surface area (Å²) in [5, 5.41) is 2.98. The molecule has 140 valence electrons. The summed E-state index contributed by atoms with van der Waals surface area (Å²) in [7, 11) is 0. The molecule has 1 aromatic carbocycles. The van der Waals surface area contributed by atoms with E-state index >= 15 is 0 Å². The zero-order valence-electron chi connectivity index (χ0n) is 15.2. The van der Waals surface area contributed by atoms with Crippen LogP contribution in [0.5, 0.6) is 0 Å². The first-order valence-electron chi connectivity index (χ1n) is 9.12. The van der Waals surface area contributed by atoms with E-state index in [4.69, 9.17) is 4.42 Å². The molecule has 1 aliphatic heterocycles. The van der Waals surface area contributed by atoms with E-state index in [2.05, 4.69) is 15.1 Å². The van der Waals surface area contributed by atoms with Crippen LogP contribution in [0.2, 0.25) is 0 Å². The Kier molecular flexibility index (Phi) is 6.41. The van der Waals surface area contributed by atoms with Crippen molar-refractivity contribution in [3.8, 4) is 0 Å². The van der Waals surface area contributed by atoms with E-state index in [0.29, 0.717) is 6.54 Å². The van der Waals surface area contributed by atoms with Gasteiger partial charge in [0.1, 0.15) is 11.6 Å². The van der Waals surface area contributed by atoms with Crippen molar-refractivity contribution in [3.05, 3.63) is 59.8 Å². The van der Waals surface area contributed by atoms with E-state index in [9.17, 15) is 9.18 Å². The van der Waals surface area contributed by atoms with Gasteiger partial charge in [0.25, 0.3) is 0 Å². The quantitative estimate of drug-likeness (QED) is 0.862. The average molecular weight is 359 g/mol. The predicted octanol–water partition coefficient (Wildman–Crippen LogP) is 2.80. The number of benzene rings is 1. The molecule has 0 bridgehead atoms. The van der Waals surface area contributed by atoms with E-state index in [1.807, 2.05) is 31.2 Å². The smallest absolute Gasteiger partial charge is 0.234 e. The molecule has 1 saturated heterocycles. The van der Waals surface area contributed by atoms with Gasteiger partial charge in [0.2, 0.25) is 5.91 Å². The molecule has 1 amide bonds. The number of carbonyl (C=O) groups is 1. The number of hydrogen-bond acceptors (Lipinski definition) is 4. The van der Waals surface area contributed by atoms with Gasteiger partial charge in [0.05, 0.1) is 18.8 Å². The lowest BCUT2D eigenvalue weighted by atomic mass is 10.2. The maximum absolute atomic E-state index is 13.0. The molecule has 2 aromatic rings. The van der Waals surface area contributed by atoms with Crippen molar-refractivity contribution < 1.29 is 13.6 Å². The summed E-state index contributed by atoms with van der Waals surface area (Å²) in [5.41, 5.74) is 1.12. The summed E-state index contributed by atoms with van der Waals surface area (Å²) < 4.78 is 18.3. The Hall–Kier alpha value is -2.18. The van der Waals surface area contributed by atoms with Gasteiger partial charge in [-0.1, -0.05) is 12.1 Å². The number of nitrogens with one attached hydrogen (secondary N) is 1. The Balaban J connectivity index is 1.44. The SMILES string of the molecule is CC(NC(=O)CN1CCCN(Cc2ccc(F)cc2)CC1)c1ccco1. The van der Waals surface area contributed by atoms with Gasteiger partial charge in [-0.2, -0.15) is 0 Å². The lowest BCUT2D eigenvalue weighted by Crippen LogP contribution is -2.40. The average Bonchev–Trinajstić information content (AvgIpc) is 3.07. The molecule has 1 aliphatic rings. The highest BCUT2D eigenvalue weighted by Crippen LogP contribution is 2.13. The minimum Gasteiger partial charge on any atom is -0.467 e. The first kappa shape index (κ1) is 18.6. The Morgan fingerprint density at radius 2 is 1.88 bits per heavy atom. The first-order chi connectivity index (χ1) is 12.6. The van der Waals surface area contributed by atoms with Gasteiger partial charge in [-0.3, -0.25) is 14.6 Å². The van der Waals surface area contributed by atoms with Crippen LogP contribution in [0.25, 0.3) is 0 Å². The molecule has 1 N–H and O–H groups in total. The van der Waals surface area contributed by atoms with Crippen LogP contribution in [0.4, 0.5) is 4.39 Å². The third-order valence-corrected chi connectivity index (χ3v) is 4.72. The monoisotopic (exact) mass is 359 g/mol. The van der Waals surface area contributed by atoms with Crippen molar-refractivity contribution in [2.45, 2.75) is 25.9 Å². The lowest BCUT2D eigenvalue weighted by Gasteiger charge is -2.22. The van der Waals surface area contributed by atoms with E-state index < -0.39 is 0 Å². The van der Waals surface area contributed by atoms with Crippen LogP contribution in [-0.2, 0) is 11.3 Å². The minimum absolute atomic E-state index is 0.0147. The molecule has 3 rings (SSSR count). The third-order valence-electron chi connectivity index (χ3n) is 4.72. The summed E-state index contributed by atoms with van der Waals surface area (Å²) >= 11 is 0. The van der Waals surface area contributed by atoms with Crippen LogP contribution < -0.4 is 5.32 Å². The van der Waals surface area contributed by atoms with Gasteiger partial charge >= 0.3 is 0 Å². The summed E-state index contributed by atoms with van der Waals surface area (Å²) in [6.07, 6.45) is 2.63. The zero-order chi connectivity index (χ0) is 18.4. The van der Waals surface area contributed by atoms with Crippen LogP contribution in [0, 0.1) is 5.82 Å². The number of carbonyl (C=O) groups excluding carboxylic acids is 1. The van der Waals surface area contributed by atoms with Crippen LogP contribution in [0.1, 0.15) is 30.7 Å². The molecule has 0 spiro atoms. The predicted molar refractivity (Wildman–Crippen MR) is 98.0 cm³/mol. The van der Waals surface area contributed by atoms with Gasteiger partial charge in [-0.15, -0.1) is 0 Å². The molecule has 0 radical (unpaired) electrons. The number of amides is 1. The number of hydrogen-bond donors (Lipinski definition) is 1. The highest BCUT2D eigenvalue weighted by Gasteiger charge is 2.19. The summed E-state index contributed by atoms with van der Waals surface area (Å²) in [4.78, 5) is 16.8. The molecule has 26 heavy (non-hydrogen) atoms. The molecular formula is C20H26FN3O2. The summed E-state index contributed by atoms with van der Waals surface area (Å²) in [5.74, 6) is 0.575. The van der Waals surface area contributed by atoms with Crippen molar-refractivity contribution in [1.82, 2.24) is 15.1 Å². The molecule has 6 heteroatoms. The van der Waals surface area contributed by atoms with Crippen LogP contribution in [0.15, 0.2) is 47.1 Å². The maximum atomic E-state index is 13.0. The molecule has 1 unspecified atom stereocenters. The molecule has 0 saturated carbocycles. The number of nitrogens with zero attached hydrogens (tertiary/aromatic N) is 2. The second kappa shape index (κ2) is 8.96. The van der Waals surface area contributed by atoms with Crippen molar-refractivity contribution >= 4 is 5.91 Å². The van der Waals surface area contributed by atoms with E-state index in [0.717, 1.165) is 50.5 Å². The lowest BCUT2D eigenvalue weighted by molar-refractivity contribution is -0.123. The van der Waals surface area contributed by atoms with Crippen LogP contribution >= 0.6 is 0 Å². The van der Waals surface area contributed by atoms with Crippen LogP contribution in [-0.4, -0.2) is 48.4 Å². The van der Waals surface area contributed by atoms with E-state index in [1.54, 1.807) is 6.26 Å². The zero-order valence-corrected chi connectivity index (χ0v) is 15.2. The molecule has 2 heterocycles. The Morgan fingerprint density at radius 1 is 1.15 bits per heavy atom. The van der Waals surface area contributed by atoms with E-state index in [-0.39, 0.29) is 17.8 Å². The fourth-order valence-electron chi connectivity index (χ4n) is 3.29. The van der Waals surface area contributed by atoms with Crippen molar-refractivity contribution in [2.75, 3.05) is 32.7 Å². The van der Waals surface area contributed by atoms with E-state index in [1.165, 1.54) is 12.1 Å². The third kappa shape index (κ3) is 5.41. The highest BCUT2D eigenvalue weighted by atomic mass is 19.1. The molecule has 1 atom stereocenters. The first-order valence-corrected chi connectivity index (χ1v) is 9.12. The molecule has 1 fully saturated rings. The van der Waals surface area contributed by atoms with Gasteiger partial charge in [-0.05, 0) is 56.3 Å². The topological polar surface area (TPSA) is 48.7 Å². The number of halogens is 1. The van der Waals surface area contributed by atoms with Gasteiger partial charge in [0.15, 0.2) is 0 Å². The van der Waals surface area contributed by atoms with Gasteiger partial charge in [-0.25, -0.2) is 4.39 Å². The number of furan rings is 1. The summed E-state index contributed by atoms with van der Waals surface area (Å²) in [6.45, 7) is 6.78. The normalized spacial score (nSPS) is 17.6. The van der Waals surface area contributed by atoms with Crippen molar-refractivity contribution in [2.24, 2.45) is 0 Å². The van der Waals surface area contributed by atoms with Gasteiger partial charge in [0, 0.05) is 19.6 Å². The van der Waals surface area contributed by atoms with Crippen molar-refractivity contribution in [3.63, 3.8) is 0 Å². The number of rotatable bonds is 6. The molecular weight excluding hydrogens is 333 g/mol. The Bertz CT molecular complexity index is 688. The highest BCUT2D eigenvalue weighted by molar-refractivity contribution is 5.78. The summed E-state index contributed by atoms with van der Waals surface area (Å²) in [6, 6.07) is 10.2. The van der Waals surface area contributed by atoms with Crippen LogP contribution in [0.3, 0.4) is 0 Å².